The van der Waals surface area contributed by atoms with Crippen molar-refractivity contribution in [2.24, 2.45) is 10.9 Å². The zero-order valence-corrected chi connectivity index (χ0v) is 17.0. The number of aliphatic imine (C=N–C) groups is 1. The molecule has 6 heteroatoms. The monoisotopic (exact) mass is 360 g/mol. The van der Waals surface area contributed by atoms with E-state index in [2.05, 4.69) is 54.2 Å². The van der Waals surface area contributed by atoms with Gasteiger partial charge in [-0.3, -0.25) is 9.67 Å². The summed E-state index contributed by atoms with van der Waals surface area (Å²) in [5.74, 6) is 1.70. The Morgan fingerprint density at radius 2 is 2.08 bits per heavy atom. The predicted molar refractivity (Wildman–Crippen MR) is 108 cm³/mol. The second-order valence-electron chi connectivity index (χ2n) is 8.23. The minimum Gasteiger partial charge on any atom is -0.357 e. The maximum absolute atomic E-state index is 4.90. The zero-order valence-electron chi connectivity index (χ0n) is 17.0. The van der Waals surface area contributed by atoms with E-state index in [4.69, 9.17) is 10.1 Å². The summed E-state index contributed by atoms with van der Waals surface area (Å²) in [7, 11) is 2.21. The van der Waals surface area contributed by atoms with E-state index in [0.29, 0.717) is 12.1 Å². The minimum absolute atomic E-state index is 0.424. The SMILES string of the molecule is CCNC(=NCC1CCN(C)CC1)NC1CCc2cn(C(C)C)nc2C1. The molecule has 1 aromatic heterocycles. The molecule has 1 unspecified atom stereocenters. The van der Waals surface area contributed by atoms with Gasteiger partial charge in [0.25, 0.3) is 0 Å². The molecular weight excluding hydrogens is 324 g/mol. The van der Waals surface area contributed by atoms with Gasteiger partial charge in [0.05, 0.1) is 5.69 Å². The first-order valence-corrected chi connectivity index (χ1v) is 10.4. The molecule has 1 fully saturated rings. The van der Waals surface area contributed by atoms with Crippen molar-refractivity contribution in [2.75, 3.05) is 33.2 Å². The molecular formula is C20H36N6. The topological polar surface area (TPSA) is 57.5 Å². The lowest BCUT2D eigenvalue weighted by Gasteiger charge is -2.28. The molecule has 1 atom stereocenters. The lowest BCUT2D eigenvalue weighted by Crippen LogP contribution is -2.46. The van der Waals surface area contributed by atoms with Gasteiger partial charge in [0.1, 0.15) is 0 Å². The summed E-state index contributed by atoms with van der Waals surface area (Å²) >= 11 is 0. The third kappa shape index (κ3) is 5.00. The summed E-state index contributed by atoms with van der Waals surface area (Å²) < 4.78 is 2.10. The van der Waals surface area contributed by atoms with Crippen LogP contribution in [0.5, 0.6) is 0 Å². The molecule has 0 radical (unpaired) electrons. The number of nitrogens with one attached hydrogen (secondary N) is 2. The van der Waals surface area contributed by atoms with Crippen LogP contribution in [0.25, 0.3) is 0 Å². The van der Waals surface area contributed by atoms with Crippen molar-refractivity contribution in [3.05, 3.63) is 17.5 Å². The Morgan fingerprint density at radius 3 is 2.77 bits per heavy atom. The van der Waals surface area contributed by atoms with Crippen LogP contribution in [0.2, 0.25) is 0 Å². The number of rotatable bonds is 5. The molecule has 1 aromatic rings. The Hall–Kier alpha value is -1.56. The molecule has 26 heavy (non-hydrogen) atoms. The zero-order chi connectivity index (χ0) is 18.5. The van der Waals surface area contributed by atoms with Gasteiger partial charge in [-0.1, -0.05) is 0 Å². The molecule has 6 nitrogen and oxygen atoms in total. The summed E-state index contributed by atoms with van der Waals surface area (Å²) in [6.45, 7) is 10.8. The van der Waals surface area contributed by atoms with Gasteiger partial charge in [0.2, 0.25) is 0 Å². The van der Waals surface area contributed by atoms with Gasteiger partial charge in [-0.15, -0.1) is 0 Å². The molecule has 0 spiro atoms. The van der Waals surface area contributed by atoms with Crippen LogP contribution in [0.4, 0.5) is 0 Å². The second-order valence-corrected chi connectivity index (χ2v) is 8.23. The van der Waals surface area contributed by atoms with Crippen LogP contribution in [0, 0.1) is 5.92 Å². The Kier molecular flexibility index (Phi) is 6.57. The number of piperidine rings is 1. The van der Waals surface area contributed by atoms with Crippen LogP contribution in [0.15, 0.2) is 11.2 Å². The van der Waals surface area contributed by atoms with Crippen molar-refractivity contribution in [3.8, 4) is 0 Å². The molecule has 2 N–H and O–H groups in total. The molecule has 0 amide bonds. The largest absolute Gasteiger partial charge is 0.357 e. The first-order valence-electron chi connectivity index (χ1n) is 10.4. The highest BCUT2D eigenvalue weighted by atomic mass is 15.3. The van der Waals surface area contributed by atoms with Crippen molar-refractivity contribution in [1.29, 1.82) is 0 Å². The van der Waals surface area contributed by atoms with E-state index >= 15 is 0 Å². The number of hydrogen-bond donors (Lipinski definition) is 2. The Balaban J connectivity index is 1.56. The van der Waals surface area contributed by atoms with Gasteiger partial charge in [0.15, 0.2) is 5.96 Å². The quantitative estimate of drug-likeness (QED) is 0.624. The maximum atomic E-state index is 4.90. The third-order valence-corrected chi connectivity index (χ3v) is 5.66. The maximum Gasteiger partial charge on any atom is 0.191 e. The molecule has 3 rings (SSSR count). The van der Waals surface area contributed by atoms with E-state index in [1.54, 1.807) is 0 Å². The summed E-state index contributed by atoms with van der Waals surface area (Å²) in [6.07, 6.45) is 8.00. The normalized spacial score (nSPS) is 22.5. The van der Waals surface area contributed by atoms with Gasteiger partial charge in [-0.25, -0.2) is 0 Å². The van der Waals surface area contributed by atoms with E-state index in [1.807, 2.05) is 0 Å². The molecule has 2 heterocycles. The fourth-order valence-corrected chi connectivity index (χ4v) is 3.88. The highest BCUT2D eigenvalue weighted by Crippen LogP contribution is 2.22. The summed E-state index contributed by atoms with van der Waals surface area (Å²) in [6, 6.07) is 0.855. The number of likely N-dealkylation sites (tertiary alicyclic amines) is 1. The molecule has 0 bridgehead atoms. The third-order valence-electron chi connectivity index (χ3n) is 5.66. The van der Waals surface area contributed by atoms with Crippen LogP contribution >= 0.6 is 0 Å². The number of fused-ring (bicyclic) bond motifs is 1. The fraction of sp³-hybridized carbons (Fsp3) is 0.800. The Bertz CT molecular complexity index is 597. The molecule has 1 saturated heterocycles. The van der Waals surface area contributed by atoms with E-state index in [-0.39, 0.29) is 0 Å². The summed E-state index contributed by atoms with van der Waals surface area (Å²) in [4.78, 5) is 7.31. The fourth-order valence-electron chi connectivity index (χ4n) is 3.88. The summed E-state index contributed by atoms with van der Waals surface area (Å²) in [5.41, 5.74) is 2.68. The number of aromatic nitrogens is 2. The molecule has 1 aliphatic heterocycles. The Labute approximate surface area is 158 Å². The standard InChI is InChI=1S/C20H36N6/c1-5-21-20(22-13-16-8-10-25(4)11-9-16)23-18-7-6-17-14-26(15(2)3)24-19(17)12-18/h14-16,18H,5-13H2,1-4H3,(H2,21,22,23). The lowest BCUT2D eigenvalue weighted by molar-refractivity contribution is 0.223. The van der Waals surface area contributed by atoms with Crippen molar-refractivity contribution < 1.29 is 0 Å². The van der Waals surface area contributed by atoms with Gasteiger partial charge in [-0.05, 0) is 78.1 Å². The first-order chi connectivity index (χ1) is 12.5. The average molecular weight is 361 g/mol. The number of aryl methyl sites for hydroxylation is 1. The van der Waals surface area contributed by atoms with Gasteiger partial charge in [-0.2, -0.15) is 5.10 Å². The van der Waals surface area contributed by atoms with Crippen LogP contribution < -0.4 is 10.6 Å². The minimum atomic E-state index is 0.424. The smallest absolute Gasteiger partial charge is 0.191 e. The van der Waals surface area contributed by atoms with E-state index in [0.717, 1.165) is 44.2 Å². The number of nitrogens with zero attached hydrogens (tertiary/aromatic N) is 4. The van der Waals surface area contributed by atoms with Gasteiger partial charge < -0.3 is 15.5 Å². The second kappa shape index (κ2) is 8.89. The average Bonchev–Trinajstić information content (AvgIpc) is 3.05. The van der Waals surface area contributed by atoms with Crippen LogP contribution in [-0.2, 0) is 12.8 Å². The predicted octanol–water partition coefficient (Wildman–Crippen LogP) is 2.22. The van der Waals surface area contributed by atoms with E-state index in [1.165, 1.54) is 37.2 Å². The van der Waals surface area contributed by atoms with Crippen LogP contribution in [-0.4, -0.2) is 59.9 Å². The summed E-state index contributed by atoms with van der Waals surface area (Å²) in [5, 5.41) is 11.9. The molecule has 1 aliphatic carbocycles. The van der Waals surface area contributed by atoms with E-state index < -0.39 is 0 Å². The van der Waals surface area contributed by atoms with Crippen molar-refractivity contribution >= 4 is 5.96 Å². The molecule has 146 valence electrons. The molecule has 0 saturated carbocycles. The van der Waals surface area contributed by atoms with Crippen LogP contribution in [0.3, 0.4) is 0 Å². The van der Waals surface area contributed by atoms with Crippen LogP contribution in [0.1, 0.15) is 57.3 Å². The molecule has 2 aliphatic rings. The van der Waals surface area contributed by atoms with Crippen molar-refractivity contribution in [2.45, 2.75) is 65.0 Å². The Morgan fingerprint density at radius 1 is 1.31 bits per heavy atom. The molecule has 0 aromatic carbocycles. The van der Waals surface area contributed by atoms with Gasteiger partial charge in [0, 0.05) is 37.8 Å². The highest BCUT2D eigenvalue weighted by Gasteiger charge is 2.23. The number of hydrogen-bond acceptors (Lipinski definition) is 3. The number of guanidine groups is 1. The first kappa shape index (κ1) is 19.2. The highest BCUT2D eigenvalue weighted by molar-refractivity contribution is 5.80. The van der Waals surface area contributed by atoms with Crippen molar-refractivity contribution in [1.82, 2.24) is 25.3 Å². The lowest BCUT2D eigenvalue weighted by atomic mass is 9.94. The van der Waals surface area contributed by atoms with Gasteiger partial charge >= 0.3 is 0 Å². The van der Waals surface area contributed by atoms with E-state index in [9.17, 15) is 0 Å². The van der Waals surface area contributed by atoms with Crippen molar-refractivity contribution in [3.63, 3.8) is 0 Å².